The van der Waals surface area contributed by atoms with Gasteiger partial charge in [-0.15, -0.1) is 0 Å². The van der Waals surface area contributed by atoms with Crippen LogP contribution in [0.3, 0.4) is 0 Å². The van der Waals surface area contributed by atoms with Gasteiger partial charge in [0.25, 0.3) is 5.91 Å². The molecule has 7 heteroatoms. The molecule has 2 heterocycles. The second kappa shape index (κ2) is 4.29. The molecule has 1 saturated heterocycles. The smallest absolute Gasteiger partial charge is 0.258 e. The Hall–Kier alpha value is -2.44. The van der Waals surface area contributed by atoms with E-state index in [1.807, 2.05) is 0 Å². The van der Waals surface area contributed by atoms with Gasteiger partial charge in [0.2, 0.25) is 11.8 Å². The van der Waals surface area contributed by atoms with Gasteiger partial charge in [-0.1, -0.05) is 6.07 Å². The van der Waals surface area contributed by atoms with Gasteiger partial charge in [0.15, 0.2) is 11.6 Å². The Morgan fingerprint density at radius 2 is 2.05 bits per heavy atom. The van der Waals surface area contributed by atoms with Crippen LogP contribution in [0.15, 0.2) is 12.1 Å². The molecule has 3 rings (SSSR count). The summed E-state index contributed by atoms with van der Waals surface area (Å²) < 4.78 is 13.8. The topological polar surface area (TPSA) is 86.7 Å². The number of halogens is 1. The molecule has 0 radical (unpaired) electrons. The van der Waals surface area contributed by atoms with E-state index in [0.717, 1.165) is 0 Å². The lowest BCUT2D eigenvalue weighted by Crippen LogP contribution is -2.52. The highest BCUT2D eigenvalue weighted by atomic mass is 19.1. The number of nitrogens with one attached hydrogen (secondary N) is 1. The largest absolute Gasteiger partial charge is 0.505 e. The first kappa shape index (κ1) is 12.6. The summed E-state index contributed by atoms with van der Waals surface area (Å²) in [6.45, 7) is 0.0949. The zero-order valence-corrected chi connectivity index (χ0v) is 10.4. The Kier molecular flexibility index (Phi) is 2.70. The third kappa shape index (κ3) is 1.74. The molecule has 2 aliphatic heterocycles. The van der Waals surface area contributed by atoms with E-state index in [1.54, 1.807) is 0 Å². The molecular weight excluding hydrogens is 267 g/mol. The Bertz CT molecular complexity index is 644. The first-order valence-corrected chi connectivity index (χ1v) is 6.14. The minimum atomic E-state index is -0.970. The Morgan fingerprint density at radius 3 is 2.75 bits per heavy atom. The van der Waals surface area contributed by atoms with Crippen molar-refractivity contribution in [1.29, 1.82) is 0 Å². The first-order valence-electron chi connectivity index (χ1n) is 6.14. The molecule has 1 aromatic rings. The van der Waals surface area contributed by atoms with Crippen LogP contribution in [0.25, 0.3) is 0 Å². The number of carbonyl (C=O) groups excluding carboxylic acids is 3. The highest BCUT2D eigenvalue weighted by Crippen LogP contribution is 2.32. The molecule has 2 N–H and O–H groups in total. The second-order valence-corrected chi connectivity index (χ2v) is 4.83. The fourth-order valence-electron chi connectivity index (χ4n) is 2.60. The molecular formula is C13H11FN2O4. The van der Waals surface area contributed by atoms with Gasteiger partial charge in [0, 0.05) is 13.0 Å². The number of phenolic OH excluding ortho intramolecular Hbond substituents is 1. The van der Waals surface area contributed by atoms with Crippen molar-refractivity contribution in [1.82, 2.24) is 10.2 Å². The van der Waals surface area contributed by atoms with E-state index in [0.29, 0.717) is 5.56 Å². The molecule has 0 aliphatic carbocycles. The van der Waals surface area contributed by atoms with Crippen LogP contribution in [0, 0.1) is 5.82 Å². The lowest BCUT2D eigenvalue weighted by Gasteiger charge is -2.29. The average molecular weight is 278 g/mol. The van der Waals surface area contributed by atoms with Gasteiger partial charge < -0.3 is 10.0 Å². The summed E-state index contributed by atoms with van der Waals surface area (Å²) in [5, 5.41) is 11.5. The summed E-state index contributed by atoms with van der Waals surface area (Å²) in [7, 11) is 0. The number of hydrogen-bond donors (Lipinski definition) is 2. The fourth-order valence-corrected chi connectivity index (χ4v) is 2.60. The predicted octanol–water partition coefficient (Wildman–Crippen LogP) is 0.292. The van der Waals surface area contributed by atoms with Crippen LogP contribution in [0.1, 0.15) is 28.8 Å². The van der Waals surface area contributed by atoms with Crippen molar-refractivity contribution in [3.05, 3.63) is 29.1 Å². The lowest BCUT2D eigenvalue weighted by atomic mass is 10.0. The van der Waals surface area contributed by atoms with E-state index in [4.69, 9.17) is 0 Å². The van der Waals surface area contributed by atoms with Crippen LogP contribution < -0.4 is 5.32 Å². The number of rotatable bonds is 1. The summed E-state index contributed by atoms with van der Waals surface area (Å²) in [6.07, 6.45) is 0.363. The molecule has 20 heavy (non-hydrogen) atoms. The van der Waals surface area contributed by atoms with Gasteiger partial charge in [0.05, 0.1) is 5.56 Å². The lowest BCUT2D eigenvalue weighted by molar-refractivity contribution is -0.136. The Morgan fingerprint density at radius 1 is 1.30 bits per heavy atom. The molecule has 0 saturated carbocycles. The maximum absolute atomic E-state index is 13.8. The number of piperidine rings is 1. The summed E-state index contributed by atoms with van der Waals surface area (Å²) >= 11 is 0. The molecule has 0 aromatic heterocycles. The van der Waals surface area contributed by atoms with E-state index in [2.05, 4.69) is 5.32 Å². The van der Waals surface area contributed by atoms with E-state index in [1.165, 1.54) is 17.0 Å². The van der Waals surface area contributed by atoms with Gasteiger partial charge in [-0.25, -0.2) is 4.39 Å². The van der Waals surface area contributed by atoms with Gasteiger partial charge in [-0.05, 0) is 18.1 Å². The quantitative estimate of drug-likeness (QED) is 0.723. The summed E-state index contributed by atoms with van der Waals surface area (Å²) in [5.41, 5.74) is 0.227. The number of amides is 3. The van der Waals surface area contributed by atoms with Crippen LogP contribution in [0.4, 0.5) is 4.39 Å². The summed E-state index contributed by atoms with van der Waals surface area (Å²) in [5.74, 6) is -3.13. The van der Waals surface area contributed by atoms with Crippen molar-refractivity contribution < 1.29 is 23.9 Å². The Labute approximate surface area is 113 Å². The number of benzene rings is 1. The standard InChI is InChI=1S/C13H11FN2O4/c14-11-8(17)3-1-6-5-16(13(20)10(6)11)7-2-4-9(18)15-12(7)19/h1,3,7,17H,2,4-5H2,(H,15,18,19). The number of phenols is 1. The minimum absolute atomic E-state index is 0.0949. The molecule has 3 amide bonds. The number of imide groups is 1. The van der Waals surface area contributed by atoms with Crippen molar-refractivity contribution in [2.24, 2.45) is 0 Å². The van der Waals surface area contributed by atoms with Crippen LogP contribution in [0.5, 0.6) is 5.75 Å². The molecule has 1 fully saturated rings. The zero-order valence-electron chi connectivity index (χ0n) is 10.4. The van der Waals surface area contributed by atoms with Crippen LogP contribution in [-0.4, -0.2) is 33.8 Å². The molecule has 6 nitrogen and oxygen atoms in total. The molecule has 0 bridgehead atoms. The molecule has 1 aromatic carbocycles. The number of nitrogens with zero attached hydrogens (tertiary/aromatic N) is 1. The monoisotopic (exact) mass is 278 g/mol. The number of hydrogen-bond acceptors (Lipinski definition) is 4. The number of fused-ring (bicyclic) bond motifs is 1. The molecule has 1 atom stereocenters. The molecule has 1 unspecified atom stereocenters. The minimum Gasteiger partial charge on any atom is -0.505 e. The molecule has 0 spiro atoms. The van der Waals surface area contributed by atoms with E-state index in [-0.39, 0.29) is 30.9 Å². The van der Waals surface area contributed by atoms with Crippen molar-refractivity contribution in [2.45, 2.75) is 25.4 Å². The third-order valence-electron chi connectivity index (χ3n) is 3.61. The normalized spacial score (nSPS) is 21.9. The average Bonchev–Trinajstić information content (AvgIpc) is 2.72. The highest BCUT2D eigenvalue weighted by molar-refractivity contribution is 6.05. The van der Waals surface area contributed by atoms with Crippen molar-refractivity contribution in [3.63, 3.8) is 0 Å². The highest BCUT2D eigenvalue weighted by Gasteiger charge is 2.40. The van der Waals surface area contributed by atoms with Crippen LogP contribution >= 0.6 is 0 Å². The SMILES string of the molecule is O=C1CCC(N2Cc3ccc(O)c(F)c3C2=O)C(=O)N1. The number of carbonyl (C=O) groups is 3. The van der Waals surface area contributed by atoms with Gasteiger partial charge >= 0.3 is 0 Å². The maximum atomic E-state index is 13.8. The zero-order chi connectivity index (χ0) is 14.4. The van der Waals surface area contributed by atoms with Crippen molar-refractivity contribution in [3.8, 4) is 5.75 Å². The third-order valence-corrected chi connectivity index (χ3v) is 3.61. The first-order chi connectivity index (χ1) is 9.49. The van der Waals surface area contributed by atoms with Crippen LogP contribution in [-0.2, 0) is 16.1 Å². The molecule has 2 aliphatic rings. The van der Waals surface area contributed by atoms with Crippen molar-refractivity contribution >= 4 is 17.7 Å². The van der Waals surface area contributed by atoms with Gasteiger partial charge in [-0.3, -0.25) is 19.7 Å². The van der Waals surface area contributed by atoms with Gasteiger partial charge in [0.1, 0.15) is 6.04 Å². The van der Waals surface area contributed by atoms with E-state index < -0.39 is 29.4 Å². The van der Waals surface area contributed by atoms with Crippen LogP contribution in [0.2, 0.25) is 0 Å². The van der Waals surface area contributed by atoms with Crippen molar-refractivity contribution in [2.75, 3.05) is 0 Å². The van der Waals surface area contributed by atoms with E-state index in [9.17, 15) is 23.9 Å². The molecule has 104 valence electrons. The van der Waals surface area contributed by atoms with E-state index >= 15 is 0 Å². The van der Waals surface area contributed by atoms with Gasteiger partial charge in [-0.2, -0.15) is 0 Å². The fraction of sp³-hybridized carbons (Fsp3) is 0.308. The predicted molar refractivity (Wildman–Crippen MR) is 64.1 cm³/mol. The number of aromatic hydroxyl groups is 1. The Balaban J connectivity index is 1.93. The summed E-state index contributed by atoms with van der Waals surface area (Å²) in [6, 6.07) is 1.85. The summed E-state index contributed by atoms with van der Waals surface area (Å²) in [4.78, 5) is 36.3. The second-order valence-electron chi connectivity index (χ2n) is 4.83. The maximum Gasteiger partial charge on any atom is 0.258 e.